The highest BCUT2D eigenvalue weighted by atomic mass is 79.9. The van der Waals surface area contributed by atoms with Crippen molar-refractivity contribution in [2.75, 3.05) is 27.2 Å². The Hall–Kier alpha value is -1.40. The Bertz CT molecular complexity index is 480. The molecular weight excluding hydrogens is 334 g/mol. The van der Waals surface area contributed by atoms with Crippen molar-refractivity contribution in [2.24, 2.45) is 0 Å². The lowest BCUT2D eigenvalue weighted by molar-refractivity contribution is -0.130. The van der Waals surface area contributed by atoms with E-state index in [0.717, 1.165) is 10.0 Å². The highest BCUT2D eigenvalue weighted by Crippen LogP contribution is 2.17. The molecular formula is C15H22BrN3O2. The highest BCUT2D eigenvalue weighted by molar-refractivity contribution is 9.10. The summed E-state index contributed by atoms with van der Waals surface area (Å²) in [5.41, 5.74) is 1.06. The second-order valence-electron chi connectivity index (χ2n) is 4.79. The molecule has 0 saturated heterocycles. The summed E-state index contributed by atoms with van der Waals surface area (Å²) in [6, 6.07) is 7.82. The normalized spacial score (nSPS) is 10.2. The third-order valence-electron chi connectivity index (χ3n) is 3.05. The Morgan fingerprint density at radius 3 is 2.57 bits per heavy atom. The number of carbonyl (C=O) groups excluding carboxylic acids is 2. The zero-order chi connectivity index (χ0) is 15.7. The van der Waals surface area contributed by atoms with Crippen LogP contribution in [0, 0.1) is 0 Å². The fourth-order valence-electron chi connectivity index (χ4n) is 1.80. The molecule has 5 nitrogen and oxygen atoms in total. The molecule has 0 aliphatic rings. The SMILES string of the molecule is CNCCC(=O)NCCC(=O)N(C)Cc1ccccc1Br. The second kappa shape index (κ2) is 9.52. The molecule has 0 aromatic heterocycles. The first kappa shape index (κ1) is 17.7. The number of hydrogen-bond donors (Lipinski definition) is 2. The first-order valence-corrected chi connectivity index (χ1v) is 7.72. The molecule has 0 bridgehead atoms. The smallest absolute Gasteiger partial charge is 0.224 e. The van der Waals surface area contributed by atoms with Crippen molar-refractivity contribution in [2.45, 2.75) is 19.4 Å². The van der Waals surface area contributed by atoms with Gasteiger partial charge in [-0.3, -0.25) is 9.59 Å². The van der Waals surface area contributed by atoms with Crippen LogP contribution in [0.15, 0.2) is 28.7 Å². The summed E-state index contributed by atoms with van der Waals surface area (Å²) in [5.74, 6) is -0.0229. The van der Waals surface area contributed by atoms with Crippen LogP contribution in [0.1, 0.15) is 18.4 Å². The van der Waals surface area contributed by atoms with Gasteiger partial charge in [-0.15, -0.1) is 0 Å². The van der Waals surface area contributed by atoms with Crippen molar-refractivity contribution in [1.29, 1.82) is 0 Å². The van der Waals surface area contributed by atoms with Gasteiger partial charge in [0.2, 0.25) is 11.8 Å². The minimum absolute atomic E-state index is 0.0136. The number of halogens is 1. The van der Waals surface area contributed by atoms with Crippen LogP contribution in [0.3, 0.4) is 0 Å². The van der Waals surface area contributed by atoms with E-state index in [0.29, 0.717) is 32.5 Å². The molecule has 0 saturated carbocycles. The van der Waals surface area contributed by atoms with E-state index in [1.165, 1.54) is 0 Å². The monoisotopic (exact) mass is 355 g/mol. The Labute approximate surface area is 134 Å². The number of carbonyl (C=O) groups is 2. The highest BCUT2D eigenvalue weighted by Gasteiger charge is 2.11. The maximum absolute atomic E-state index is 12.0. The van der Waals surface area contributed by atoms with Crippen molar-refractivity contribution in [3.05, 3.63) is 34.3 Å². The quantitative estimate of drug-likeness (QED) is 0.743. The number of nitrogens with one attached hydrogen (secondary N) is 2. The van der Waals surface area contributed by atoms with Crippen LogP contribution in [-0.4, -0.2) is 43.9 Å². The summed E-state index contributed by atoms with van der Waals surface area (Å²) in [6.45, 7) is 1.57. The maximum Gasteiger partial charge on any atom is 0.224 e. The molecule has 0 heterocycles. The minimum Gasteiger partial charge on any atom is -0.356 e. The molecule has 0 unspecified atom stereocenters. The average Bonchev–Trinajstić information content (AvgIpc) is 2.47. The maximum atomic E-state index is 12.0. The zero-order valence-corrected chi connectivity index (χ0v) is 14.1. The van der Waals surface area contributed by atoms with E-state index in [1.54, 1.807) is 19.0 Å². The molecule has 116 valence electrons. The summed E-state index contributed by atoms with van der Waals surface area (Å²) < 4.78 is 0.991. The Morgan fingerprint density at radius 1 is 1.19 bits per heavy atom. The number of nitrogens with zero attached hydrogens (tertiary/aromatic N) is 1. The summed E-state index contributed by atoms with van der Waals surface area (Å²) in [5, 5.41) is 5.65. The van der Waals surface area contributed by atoms with Crippen LogP contribution in [0.4, 0.5) is 0 Å². The van der Waals surface area contributed by atoms with Gasteiger partial charge in [-0.1, -0.05) is 34.1 Å². The summed E-state index contributed by atoms with van der Waals surface area (Å²) in [4.78, 5) is 25.1. The van der Waals surface area contributed by atoms with Crippen LogP contribution in [0.25, 0.3) is 0 Å². The zero-order valence-electron chi connectivity index (χ0n) is 12.5. The predicted molar refractivity (Wildman–Crippen MR) is 86.8 cm³/mol. The van der Waals surface area contributed by atoms with E-state index in [-0.39, 0.29) is 11.8 Å². The first-order chi connectivity index (χ1) is 10.0. The van der Waals surface area contributed by atoms with Crippen LogP contribution < -0.4 is 10.6 Å². The topological polar surface area (TPSA) is 61.4 Å². The van der Waals surface area contributed by atoms with Gasteiger partial charge in [-0.05, 0) is 18.7 Å². The van der Waals surface area contributed by atoms with Gasteiger partial charge >= 0.3 is 0 Å². The summed E-state index contributed by atoms with van der Waals surface area (Å²) >= 11 is 3.47. The van der Waals surface area contributed by atoms with Crippen molar-refractivity contribution in [3.63, 3.8) is 0 Å². The van der Waals surface area contributed by atoms with E-state index in [4.69, 9.17) is 0 Å². The lowest BCUT2D eigenvalue weighted by Gasteiger charge is -2.18. The molecule has 0 fully saturated rings. The molecule has 0 spiro atoms. The molecule has 0 aliphatic carbocycles. The molecule has 0 atom stereocenters. The van der Waals surface area contributed by atoms with Gasteiger partial charge in [0.05, 0.1) is 0 Å². The summed E-state index contributed by atoms with van der Waals surface area (Å²) in [7, 11) is 3.57. The third-order valence-corrected chi connectivity index (χ3v) is 3.83. The molecule has 0 radical (unpaired) electrons. The third kappa shape index (κ3) is 6.73. The summed E-state index contributed by atoms with van der Waals surface area (Å²) in [6.07, 6.45) is 0.740. The van der Waals surface area contributed by atoms with Crippen molar-refractivity contribution in [3.8, 4) is 0 Å². The first-order valence-electron chi connectivity index (χ1n) is 6.93. The van der Waals surface area contributed by atoms with E-state index >= 15 is 0 Å². The number of amides is 2. The van der Waals surface area contributed by atoms with Crippen LogP contribution in [0.2, 0.25) is 0 Å². The van der Waals surface area contributed by atoms with Gasteiger partial charge in [0.1, 0.15) is 0 Å². The second-order valence-corrected chi connectivity index (χ2v) is 5.65. The Morgan fingerprint density at radius 2 is 1.90 bits per heavy atom. The van der Waals surface area contributed by atoms with Crippen LogP contribution in [0.5, 0.6) is 0 Å². The van der Waals surface area contributed by atoms with Gasteiger partial charge in [0.15, 0.2) is 0 Å². The minimum atomic E-state index is -0.0365. The van der Waals surface area contributed by atoms with E-state index < -0.39 is 0 Å². The van der Waals surface area contributed by atoms with Gasteiger partial charge < -0.3 is 15.5 Å². The number of rotatable bonds is 8. The van der Waals surface area contributed by atoms with Crippen LogP contribution >= 0.6 is 15.9 Å². The van der Waals surface area contributed by atoms with Gasteiger partial charge in [-0.25, -0.2) is 0 Å². The Balaban J connectivity index is 2.32. The largest absolute Gasteiger partial charge is 0.356 e. The lowest BCUT2D eigenvalue weighted by atomic mass is 10.2. The van der Waals surface area contributed by atoms with Gasteiger partial charge in [0.25, 0.3) is 0 Å². The predicted octanol–water partition coefficient (Wildman–Crippen LogP) is 1.52. The fourth-order valence-corrected chi connectivity index (χ4v) is 2.21. The van der Waals surface area contributed by atoms with Crippen LogP contribution in [-0.2, 0) is 16.1 Å². The molecule has 1 aromatic rings. The molecule has 1 rings (SSSR count). The molecule has 2 amide bonds. The molecule has 21 heavy (non-hydrogen) atoms. The van der Waals surface area contributed by atoms with Crippen molar-refractivity contribution < 1.29 is 9.59 Å². The van der Waals surface area contributed by atoms with E-state index in [2.05, 4.69) is 26.6 Å². The number of benzene rings is 1. The van der Waals surface area contributed by atoms with Gasteiger partial charge in [0, 0.05) is 44.0 Å². The average molecular weight is 356 g/mol. The van der Waals surface area contributed by atoms with Crippen molar-refractivity contribution in [1.82, 2.24) is 15.5 Å². The van der Waals surface area contributed by atoms with Gasteiger partial charge in [-0.2, -0.15) is 0 Å². The molecule has 0 aliphatic heterocycles. The standard InChI is InChI=1S/C15H22BrN3O2/c1-17-9-7-14(20)18-10-8-15(21)19(2)11-12-5-3-4-6-13(12)16/h3-6,17H,7-11H2,1-2H3,(H,18,20). The number of hydrogen-bond acceptors (Lipinski definition) is 3. The molecule has 1 aromatic carbocycles. The van der Waals surface area contributed by atoms with E-state index in [1.807, 2.05) is 24.3 Å². The Kier molecular flexibility index (Phi) is 8.00. The van der Waals surface area contributed by atoms with Crippen molar-refractivity contribution >= 4 is 27.7 Å². The fraction of sp³-hybridized carbons (Fsp3) is 0.467. The van der Waals surface area contributed by atoms with E-state index in [9.17, 15) is 9.59 Å². The lowest BCUT2D eigenvalue weighted by Crippen LogP contribution is -2.32. The molecule has 2 N–H and O–H groups in total. The molecule has 6 heteroatoms.